The molecule has 0 bridgehead atoms. The molecular weight excluding hydrogens is 470 g/mol. The molecule has 0 unspecified atom stereocenters. The van der Waals surface area contributed by atoms with Gasteiger partial charge in [0, 0.05) is 44.3 Å². The van der Waals surface area contributed by atoms with Crippen LogP contribution in [0.5, 0.6) is 0 Å². The van der Waals surface area contributed by atoms with Crippen molar-refractivity contribution in [1.29, 1.82) is 0 Å². The number of nitrogens with two attached hydrogens (primary N) is 1. The summed E-state index contributed by atoms with van der Waals surface area (Å²) in [7, 11) is 0. The zero-order chi connectivity index (χ0) is 18.8. The van der Waals surface area contributed by atoms with E-state index in [9.17, 15) is 4.39 Å². The Morgan fingerprint density at radius 1 is 1.07 bits per heavy atom. The van der Waals surface area contributed by atoms with Gasteiger partial charge in [0.1, 0.15) is 11.5 Å². The Labute approximate surface area is 180 Å². The molecular formula is C20H24FIN6. The second-order valence-electron chi connectivity index (χ2n) is 6.83. The van der Waals surface area contributed by atoms with Crippen LogP contribution in [-0.2, 0) is 6.54 Å². The van der Waals surface area contributed by atoms with E-state index in [1.165, 1.54) is 17.7 Å². The molecule has 0 spiro atoms. The van der Waals surface area contributed by atoms with Crippen LogP contribution in [0.1, 0.15) is 11.3 Å². The average molecular weight is 494 g/mol. The number of aromatic nitrogens is 2. The first kappa shape index (κ1) is 20.4. The molecule has 3 heterocycles. The maximum absolute atomic E-state index is 13.1. The highest BCUT2D eigenvalue weighted by molar-refractivity contribution is 14.0. The summed E-state index contributed by atoms with van der Waals surface area (Å²) in [6.45, 7) is 5.75. The SMILES string of the molecule is Cc1ccc2nc(CN=C(N)N3CCN(c4ccc(F)cc4)CC3)cn2c1.I. The lowest BCUT2D eigenvalue weighted by molar-refractivity contribution is 0.380. The summed E-state index contributed by atoms with van der Waals surface area (Å²) in [6, 6.07) is 10.7. The number of hydrogen-bond donors (Lipinski definition) is 1. The summed E-state index contributed by atoms with van der Waals surface area (Å²) in [5.41, 5.74) is 10.2. The Balaban J connectivity index is 0.00000225. The predicted molar refractivity (Wildman–Crippen MR) is 121 cm³/mol. The molecule has 0 atom stereocenters. The van der Waals surface area contributed by atoms with Crippen molar-refractivity contribution in [2.45, 2.75) is 13.5 Å². The van der Waals surface area contributed by atoms with Gasteiger partial charge in [-0.3, -0.25) is 0 Å². The molecule has 0 amide bonds. The molecule has 1 aliphatic rings. The van der Waals surface area contributed by atoms with Gasteiger partial charge in [0.15, 0.2) is 5.96 Å². The molecule has 8 heteroatoms. The first-order valence-corrected chi connectivity index (χ1v) is 9.08. The van der Waals surface area contributed by atoms with Crippen LogP contribution in [-0.4, -0.2) is 46.4 Å². The molecule has 0 radical (unpaired) electrons. The lowest BCUT2D eigenvalue weighted by atomic mass is 10.2. The van der Waals surface area contributed by atoms with Crippen molar-refractivity contribution in [3.05, 3.63) is 65.9 Å². The molecule has 1 aromatic carbocycles. The molecule has 148 valence electrons. The first-order valence-electron chi connectivity index (χ1n) is 9.08. The number of fused-ring (bicyclic) bond motifs is 1. The normalized spacial score (nSPS) is 15.0. The Morgan fingerprint density at radius 3 is 2.50 bits per heavy atom. The van der Waals surface area contributed by atoms with E-state index in [0.29, 0.717) is 12.5 Å². The minimum Gasteiger partial charge on any atom is -0.370 e. The van der Waals surface area contributed by atoms with Crippen LogP contribution in [0.4, 0.5) is 10.1 Å². The fourth-order valence-electron chi connectivity index (χ4n) is 3.34. The van der Waals surface area contributed by atoms with Crippen molar-refractivity contribution in [2.75, 3.05) is 31.1 Å². The van der Waals surface area contributed by atoms with Gasteiger partial charge in [-0.2, -0.15) is 0 Å². The number of aryl methyl sites for hydroxylation is 1. The molecule has 1 saturated heterocycles. The highest BCUT2D eigenvalue weighted by atomic mass is 127. The Hall–Kier alpha value is -2.36. The number of hydrogen-bond acceptors (Lipinski definition) is 3. The number of guanidine groups is 1. The fourth-order valence-corrected chi connectivity index (χ4v) is 3.34. The number of anilines is 1. The Morgan fingerprint density at radius 2 is 1.79 bits per heavy atom. The van der Waals surface area contributed by atoms with E-state index < -0.39 is 0 Å². The molecule has 0 aliphatic carbocycles. The zero-order valence-corrected chi connectivity index (χ0v) is 18.1. The maximum Gasteiger partial charge on any atom is 0.191 e. The minimum atomic E-state index is -0.212. The van der Waals surface area contributed by atoms with E-state index in [-0.39, 0.29) is 29.8 Å². The van der Waals surface area contributed by atoms with E-state index in [4.69, 9.17) is 5.73 Å². The van der Waals surface area contributed by atoms with Crippen molar-refractivity contribution in [1.82, 2.24) is 14.3 Å². The van der Waals surface area contributed by atoms with E-state index >= 15 is 0 Å². The fraction of sp³-hybridized carbons (Fsp3) is 0.300. The predicted octanol–water partition coefficient (Wildman–Crippen LogP) is 3.04. The Bertz CT molecular complexity index is 960. The highest BCUT2D eigenvalue weighted by Gasteiger charge is 2.18. The van der Waals surface area contributed by atoms with Gasteiger partial charge >= 0.3 is 0 Å². The first-order chi connectivity index (χ1) is 13.1. The topological polar surface area (TPSA) is 62.2 Å². The molecule has 4 rings (SSSR count). The molecule has 6 nitrogen and oxygen atoms in total. The van der Waals surface area contributed by atoms with Crippen LogP contribution >= 0.6 is 24.0 Å². The quantitative estimate of drug-likeness (QED) is 0.346. The van der Waals surface area contributed by atoms with Crippen LogP contribution in [0.25, 0.3) is 5.65 Å². The van der Waals surface area contributed by atoms with Crippen molar-refractivity contribution in [3.63, 3.8) is 0 Å². The number of imidazole rings is 1. The highest BCUT2D eigenvalue weighted by Crippen LogP contribution is 2.17. The largest absolute Gasteiger partial charge is 0.370 e. The number of pyridine rings is 1. The molecule has 1 fully saturated rings. The van der Waals surface area contributed by atoms with Gasteiger partial charge in [0.25, 0.3) is 0 Å². The summed E-state index contributed by atoms with van der Waals surface area (Å²) in [6.07, 6.45) is 4.04. The van der Waals surface area contributed by atoms with E-state index in [0.717, 1.165) is 43.2 Å². The number of aliphatic imine (C=N–C) groups is 1. The molecule has 28 heavy (non-hydrogen) atoms. The van der Waals surface area contributed by atoms with Crippen molar-refractivity contribution >= 4 is 41.3 Å². The lowest BCUT2D eigenvalue weighted by Crippen LogP contribution is -2.51. The van der Waals surface area contributed by atoms with Gasteiger partial charge in [-0.25, -0.2) is 14.4 Å². The third-order valence-electron chi connectivity index (χ3n) is 4.85. The van der Waals surface area contributed by atoms with E-state index in [1.807, 2.05) is 41.1 Å². The van der Waals surface area contributed by atoms with Gasteiger partial charge < -0.3 is 19.9 Å². The van der Waals surface area contributed by atoms with E-state index in [2.05, 4.69) is 26.7 Å². The molecule has 0 saturated carbocycles. The number of benzene rings is 1. The minimum absolute atomic E-state index is 0. The monoisotopic (exact) mass is 494 g/mol. The van der Waals surface area contributed by atoms with Gasteiger partial charge in [-0.05, 0) is 42.8 Å². The molecule has 2 N–H and O–H groups in total. The summed E-state index contributed by atoms with van der Waals surface area (Å²) in [5, 5.41) is 0. The van der Waals surface area contributed by atoms with Crippen LogP contribution in [0.3, 0.4) is 0 Å². The summed E-state index contributed by atoms with van der Waals surface area (Å²) < 4.78 is 15.1. The second kappa shape index (κ2) is 8.76. The lowest BCUT2D eigenvalue weighted by Gasteiger charge is -2.36. The summed E-state index contributed by atoms with van der Waals surface area (Å²) in [5.74, 6) is 0.331. The second-order valence-corrected chi connectivity index (χ2v) is 6.83. The van der Waals surface area contributed by atoms with Crippen LogP contribution < -0.4 is 10.6 Å². The van der Waals surface area contributed by atoms with Crippen LogP contribution in [0, 0.1) is 12.7 Å². The third kappa shape index (κ3) is 4.54. The summed E-state index contributed by atoms with van der Waals surface area (Å²) >= 11 is 0. The number of halogens is 2. The smallest absolute Gasteiger partial charge is 0.191 e. The third-order valence-corrected chi connectivity index (χ3v) is 4.85. The number of piperazine rings is 1. The van der Waals surface area contributed by atoms with Crippen LogP contribution in [0.2, 0.25) is 0 Å². The molecule has 3 aromatic rings. The maximum atomic E-state index is 13.1. The number of rotatable bonds is 3. The number of nitrogens with zero attached hydrogens (tertiary/aromatic N) is 5. The van der Waals surface area contributed by atoms with Crippen molar-refractivity contribution in [3.8, 4) is 0 Å². The van der Waals surface area contributed by atoms with Crippen LogP contribution in [0.15, 0.2) is 53.8 Å². The van der Waals surface area contributed by atoms with Gasteiger partial charge in [-0.15, -0.1) is 24.0 Å². The molecule has 2 aromatic heterocycles. The average Bonchev–Trinajstić information content (AvgIpc) is 3.09. The van der Waals surface area contributed by atoms with Crippen molar-refractivity contribution < 1.29 is 4.39 Å². The standard InChI is InChI=1S/C20H23FN6.HI/c1-15-2-7-19-24-17(14-27(19)13-15)12-23-20(22)26-10-8-25(9-11-26)18-5-3-16(21)4-6-18;/h2-7,13-14H,8-12H2,1H3,(H2,22,23);1H. The van der Waals surface area contributed by atoms with E-state index in [1.54, 1.807) is 0 Å². The van der Waals surface area contributed by atoms with Gasteiger partial charge in [-0.1, -0.05) is 6.07 Å². The zero-order valence-electron chi connectivity index (χ0n) is 15.8. The van der Waals surface area contributed by atoms with Gasteiger partial charge in [0.2, 0.25) is 0 Å². The van der Waals surface area contributed by atoms with Gasteiger partial charge in [0.05, 0.1) is 12.2 Å². The Kier molecular flexibility index (Phi) is 6.38. The van der Waals surface area contributed by atoms with Crippen molar-refractivity contribution in [2.24, 2.45) is 10.7 Å². The molecule has 1 aliphatic heterocycles. The summed E-state index contributed by atoms with van der Waals surface area (Å²) in [4.78, 5) is 13.4.